The summed E-state index contributed by atoms with van der Waals surface area (Å²) in [7, 11) is 0. The van der Waals surface area contributed by atoms with Crippen LogP contribution >= 0.6 is 0 Å². The van der Waals surface area contributed by atoms with E-state index >= 15 is 0 Å². The summed E-state index contributed by atoms with van der Waals surface area (Å²) in [5, 5.41) is 0. The zero-order valence-electron chi connectivity index (χ0n) is 5.86. The van der Waals surface area contributed by atoms with Crippen LogP contribution in [0.15, 0.2) is 23.7 Å². The zero-order valence-corrected chi connectivity index (χ0v) is 5.86. The molecule has 0 aromatic heterocycles. The van der Waals surface area contributed by atoms with Crippen molar-refractivity contribution in [3.8, 4) is 0 Å². The van der Waals surface area contributed by atoms with Crippen LogP contribution in [0.3, 0.4) is 0 Å². The van der Waals surface area contributed by atoms with E-state index in [1.54, 1.807) is 0 Å². The van der Waals surface area contributed by atoms with Crippen LogP contribution in [0.4, 0.5) is 17.6 Å². The Labute approximate surface area is 66.3 Å². The molecule has 0 saturated heterocycles. The van der Waals surface area contributed by atoms with Gasteiger partial charge < -0.3 is 4.74 Å². The van der Waals surface area contributed by atoms with E-state index in [4.69, 9.17) is 0 Å². The van der Waals surface area contributed by atoms with Gasteiger partial charge in [0, 0.05) is 12.5 Å². The van der Waals surface area contributed by atoms with Crippen molar-refractivity contribution in [2.45, 2.75) is 12.8 Å². The van der Waals surface area contributed by atoms with Crippen LogP contribution in [-0.2, 0) is 4.74 Å². The van der Waals surface area contributed by atoms with Crippen molar-refractivity contribution < 1.29 is 22.3 Å². The lowest BCUT2D eigenvalue weighted by atomic mass is 10.1. The highest BCUT2D eigenvalue weighted by Gasteiger charge is 2.32. The fourth-order valence-electron chi connectivity index (χ4n) is 0.746. The van der Waals surface area contributed by atoms with E-state index in [2.05, 4.69) is 4.74 Å². The molecule has 0 aliphatic heterocycles. The summed E-state index contributed by atoms with van der Waals surface area (Å²) in [4.78, 5) is 0. The maximum atomic E-state index is 12.3. The highest BCUT2D eigenvalue weighted by molar-refractivity contribution is 5.25. The predicted octanol–water partition coefficient (Wildman–Crippen LogP) is 2.87. The van der Waals surface area contributed by atoms with Gasteiger partial charge in [-0.3, -0.25) is 0 Å². The first-order chi connectivity index (χ1) is 5.47. The Morgan fingerprint density at radius 3 is 2.50 bits per heavy atom. The van der Waals surface area contributed by atoms with Crippen molar-refractivity contribution in [1.29, 1.82) is 0 Å². The monoisotopic (exact) mass is 181 g/mol. The van der Waals surface area contributed by atoms with E-state index < -0.39 is 17.9 Å². The molecule has 0 bridgehead atoms. The van der Waals surface area contributed by atoms with Gasteiger partial charge in [0.1, 0.15) is 11.6 Å². The third kappa shape index (κ3) is 2.94. The van der Waals surface area contributed by atoms with Crippen molar-refractivity contribution in [2.24, 2.45) is 0 Å². The lowest BCUT2D eigenvalue weighted by molar-refractivity contribution is -0.304. The predicted molar refractivity (Wildman–Crippen MR) is 33.3 cm³/mol. The number of alkyl halides is 3. The largest absolute Gasteiger partial charge is 0.572 e. The van der Waals surface area contributed by atoms with E-state index in [0.29, 0.717) is 6.08 Å². The number of hydrogen-bond donors (Lipinski definition) is 0. The van der Waals surface area contributed by atoms with Crippen molar-refractivity contribution in [2.75, 3.05) is 0 Å². The first kappa shape index (κ1) is 9.09. The lowest BCUT2D eigenvalue weighted by Crippen LogP contribution is -2.14. The van der Waals surface area contributed by atoms with Gasteiger partial charge in [-0.1, -0.05) is 0 Å². The Bertz CT molecular complexity index is 226. The average Bonchev–Trinajstić information content (AvgIpc) is 1.82. The van der Waals surface area contributed by atoms with Crippen LogP contribution in [0, 0.1) is 6.42 Å². The second-order valence-corrected chi connectivity index (χ2v) is 2.12. The standard InChI is InChI=1S/C7H5F4O/c8-5-2-1-3-6(4-5)12-7(9,10)11/h2-4H,1H2. The molecular weight excluding hydrogens is 176 g/mol. The molecule has 0 heterocycles. The summed E-state index contributed by atoms with van der Waals surface area (Å²) in [5.74, 6) is -1.21. The minimum atomic E-state index is -4.75. The molecular formula is C7H5F4O. The molecule has 0 spiro atoms. The molecule has 0 unspecified atom stereocenters. The summed E-state index contributed by atoms with van der Waals surface area (Å²) in [6.07, 6.45) is -1.63. The van der Waals surface area contributed by atoms with E-state index in [0.717, 1.165) is 12.5 Å². The number of allylic oxidation sites excluding steroid dienone is 4. The first-order valence-electron chi connectivity index (χ1n) is 3.14. The SMILES string of the molecule is FC1=CC[CH]C(OC(F)(F)F)=C1. The van der Waals surface area contributed by atoms with Gasteiger partial charge in [0.05, 0.1) is 0 Å². The minimum absolute atomic E-state index is 0.119. The second kappa shape index (κ2) is 3.16. The van der Waals surface area contributed by atoms with Gasteiger partial charge >= 0.3 is 6.36 Å². The second-order valence-electron chi connectivity index (χ2n) is 2.12. The van der Waals surface area contributed by atoms with Crippen LogP contribution in [0.25, 0.3) is 0 Å². The van der Waals surface area contributed by atoms with Gasteiger partial charge in [-0.15, -0.1) is 13.2 Å². The number of rotatable bonds is 1. The molecule has 0 saturated carbocycles. The zero-order chi connectivity index (χ0) is 9.19. The minimum Gasteiger partial charge on any atom is -0.410 e. The molecule has 1 nitrogen and oxygen atoms in total. The van der Waals surface area contributed by atoms with Gasteiger partial charge in [0.15, 0.2) is 0 Å². The highest BCUT2D eigenvalue weighted by atomic mass is 19.4. The molecule has 0 N–H and O–H groups in total. The van der Waals surface area contributed by atoms with Crippen molar-refractivity contribution in [3.63, 3.8) is 0 Å². The third-order valence-electron chi connectivity index (χ3n) is 1.15. The number of ether oxygens (including phenoxy) is 1. The Morgan fingerprint density at radius 2 is 2.00 bits per heavy atom. The number of hydrogen-bond acceptors (Lipinski definition) is 1. The smallest absolute Gasteiger partial charge is 0.410 e. The fourth-order valence-corrected chi connectivity index (χ4v) is 0.746. The van der Waals surface area contributed by atoms with Gasteiger partial charge in [-0.2, -0.15) is 0 Å². The Morgan fingerprint density at radius 1 is 1.33 bits per heavy atom. The molecule has 0 aromatic carbocycles. The molecule has 12 heavy (non-hydrogen) atoms. The lowest BCUT2D eigenvalue weighted by Gasteiger charge is -2.13. The van der Waals surface area contributed by atoms with Crippen molar-refractivity contribution >= 4 is 0 Å². The van der Waals surface area contributed by atoms with Crippen LogP contribution in [0.2, 0.25) is 0 Å². The van der Waals surface area contributed by atoms with E-state index in [-0.39, 0.29) is 6.42 Å². The van der Waals surface area contributed by atoms with Gasteiger partial charge in [-0.25, -0.2) is 4.39 Å². The fraction of sp³-hybridized carbons (Fsp3) is 0.286. The van der Waals surface area contributed by atoms with Gasteiger partial charge in [-0.05, 0) is 12.5 Å². The van der Waals surface area contributed by atoms with Crippen molar-refractivity contribution in [3.05, 3.63) is 30.2 Å². The summed E-state index contributed by atoms with van der Waals surface area (Å²) in [6.45, 7) is 0. The van der Waals surface area contributed by atoms with Crippen molar-refractivity contribution in [1.82, 2.24) is 0 Å². The van der Waals surface area contributed by atoms with E-state index in [1.165, 1.54) is 0 Å². The summed E-state index contributed by atoms with van der Waals surface area (Å²) in [5.41, 5.74) is 0. The molecule has 1 aliphatic rings. The van der Waals surface area contributed by atoms with E-state index in [9.17, 15) is 17.6 Å². The Kier molecular flexibility index (Phi) is 2.40. The molecule has 5 heteroatoms. The molecule has 67 valence electrons. The highest BCUT2D eigenvalue weighted by Crippen LogP contribution is 2.26. The molecule has 0 atom stereocenters. The van der Waals surface area contributed by atoms with E-state index in [1.807, 2.05) is 0 Å². The first-order valence-corrected chi connectivity index (χ1v) is 3.14. The summed E-state index contributed by atoms with van der Waals surface area (Å²) in [6, 6.07) is 0. The number of halogens is 4. The van der Waals surface area contributed by atoms with Crippen LogP contribution in [0.1, 0.15) is 6.42 Å². The summed E-state index contributed by atoms with van der Waals surface area (Å²) >= 11 is 0. The average molecular weight is 181 g/mol. The molecule has 1 rings (SSSR count). The molecule has 1 aliphatic carbocycles. The van der Waals surface area contributed by atoms with Gasteiger partial charge in [0.25, 0.3) is 0 Å². The van der Waals surface area contributed by atoms with Gasteiger partial charge in [0.2, 0.25) is 0 Å². The maximum Gasteiger partial charge on any atom is 0.572 e. The summed E-state index contributed by atoms with van der Waals surface area (Å²) < 4.78 is 50.4. The third-order valence-corrected chi connectivity index (χ3v) is 1.15. The molecule has 0 fully saturated rings. The van der Waals surface area contributed by atoms with Crippen LogP contribution < -0.4 is 0 Å². The van der Waals surface area contributed by atoms with Crippen LogP contribution in [-0.4, -0.2) is 6.36 Å². The van der Waals surface area contributed by atoms with Crippen LogP contribution in [0.5, 0.6) is 0 Å². The Hall–Kier alpha value is -1.00. The normalized spacial score (nSPS) is 18.3. The molecule has 0 amide bonds. The molecule has 0 aromatic rings. The topological polar surface area (TPSA) is 9.23 Å². The quantitative estimate of drug-likeness (QED) is 0.565. The Balaban J connectivity index is 2.59. The molecule has 1 radical (unpaired) electrons. The maximum absolute atomic E-state index is 12.3.